The second-order valence-electron chi connectivity index (χ2n) is 6.76. The summed E-state index contributed by atoms with van der Waals surface area (Å²) in [4.78, 5) is 34.0. The summed E-state index contributed by atoms with van der Waals surface area (Å²) in [7, 11) is 1.87. The topological polar surface area (TPSA) is 53.5 Å². The van der Waals surface area contributed by atoms with Crippen molar-refractivity contribution in [1.29, 1.82) is 0 Å². The molecule has 2 amide bonds. The fourth-order valence-electron chi connectivity index (χ4n) is 3.36. The average molecular weight is 335 g/mol. The van der Waals surface area contributed by atoms with Crippen LogP contribution in [0.1, 0.15) is 49.9 Å². The third kappa shape index (κ3) is 3.42. The Balaban J connectivity index is 1.52. The Morgan fingerprint density at radius 2 is 1.96 bits per heavy atom. The number of carbonyl (C=O) groups excluding carboxylic acids is 2. The lowest BCUT2D eigenvalue weighted by molar-refractivity contribution is -0.144. The van der Waals surface area contributed by atoms with Crippen LogP contribution in [0.2, 0.25) is 0 Å². The Morgan fingerprint density at radius 3 is 2.48 bits per heavy atom. The molecule has 1 aliphatic heterocycles. The summed E-state index contributed by atoms with van der Waals surface area (Å²) < 4.78 is 0. The molecule has 1 unspecified atom stereocenters. The van der Waals surface area contributed by atoms with Gasteiger partial charge in [0.1, 0.15) is 0 Å². The molecule has 0 N–H and O–H groups in total. The summed E-state index contributed by atoms with van der Waals surface area (Å²) in [6.07, 6.45) is 6.69. The van der Waals surface area contributed by atoms with Crippen LogP contribution in [0, 0.1) is 11.8 Å². The minimum absolute atomic E-state index is 0.0424. The van der Waals surface area contributed by atoms with Crippen molar-refractivity contribution in [2.24, 2.45) is 11.8 Å². The second kappa shape index (κ2) is 6.99. The molecule has 0 radical (unpaired) electrons. The lowest BCUT2D eigenvalue weighted by atomic mass is 9.83. The first-order valence-electron chi connectivity index (χ1n) is 8.51. The van der Waals surface area contributed by atoms with Crippen LogP contribution in [0.15, 0.2) is 11.7 Å². The number of likely N-dealkylation sites (tertiary alicyclic amines) is 1. The van der Waals surface area contributed by atoms with Crippen molar-refractivity contribution in [2.45, 2.75) is 45.1 Å². The molecule has 0 bridgehead atoms. The van der Waals surface area contributed by atoms with E-state index >= 15 is 0 Å². The zero-order valence-corrected chi connectivity index (χ0v) is 14.7. The van der Waals surface area contributed by atoms with Crippen molar-refractivity contribution in [1.82, 2.24) is 14.8 Å². The zero-order valence-electron chi connectivity index (χ0n) is 13.9. The molecule has 2 aliphatic rings. The molecule has 1 aromatic heterocycles. The normalized spacial score (nSPS) is 20.9. The van der Waals surface area contributed by atoms with E-state index < -0.39 is 0 Å². The van der Waals surface area contributed by atoms with Gasteiger partial charge in [0.25, 0.3) is 0 Å². The number of hydrogen-bond donors (Lipinski definition) is 0. The summed E-state index contributed by atoms with van der Waals surface area (Å²) in [5.74, 6) is 0.812. The predicted octanol–water partition coefficient (Wildman–Crippen LogP) is 2.70. The van der Waals surface area contributed by atoms with E-state index in [1.54, 1.807) is 16.8 Å². The van der Waals surface area contributed by atoms with Gasteiger partial charge in [-0.05, 0) is 32.6 Å². The van der Waals surface area contributed by atoms with Gasteiger partial charge in [-0.1, -0.05) is 6.42 Å². The van der Waals surface area contributed by atoms with E-state index in [2.05, 4.69) is 4.98 Å². The fourth-order valence-corrected chi connectivity index (χ4v) is 4.08. The Morgan fingerprint density at radius 1 is 1.26 bits per heavy atom. The molecule has 6 heteroatoms. The first kappa shape index (κ1) is 16.4. The van der Waals surface area contributed by atoms with Crippen LogP contribution >= 0.6 is 11.3 Å². The van der Waals surface area contributed by atoms with Gasteiger partial charge < -0.3 is 9.80 Å². The minimum Gasteiger partial charge on any atom is -0.342 e. The third-order valence-electron chi connectivity index (χ3n) is 5.40. The summed E-state index contributed by atoms with van der Waals surface area (Å²) in [5, 5.41) is 0. The molecular formula is C17H25N3O2S. The molecular weight excluding hydrogens is 310 g/mol. The molecule has 2 heterocycles. The number of aromatic nitrogens is 1. The van der Waals surface area contributed by atoms with Crippen molar-refractivity contribution in [3.63, 3.8) is 0 Å². The molecule has 1 aliphatic carbocycles. The zero-order chi connectivity index (χ0) is 16.4. The molecule has 1 saturated carbocycles. The van der Waals surface area contributed by atoms with E-state index in [1.165, 1.54) is 6.42 Å². The maximum atomic E-state index is 12.7. The monoisotopic (exact) mass is 335 g/mol. The molecule has 126 valence electrons. The highest BCUT2D eigenvalue weighted by Gasteiger charge is 2.34. The first-order chi connectivity index (χ1) is 11.1. The summed E-state index contributed by atoms with van der Waals surface area (Å²) in [6.45, 7) is 3.50. The van der Waals surface area contributed by atoms with E-state index in [-0.39, 0.29) is 23.8 Å². The van der Waals surface area contributed by atoms with Crippen molar-refractivity contribution in [3.8, 4) is 0 Å². The van der Waals surface area contributed by atoms with E-state index in [9.17, 15) is 9.59 Å². The van der Waals surface area contributed by atoms with Crippen LogP contribution < -0.4 is 0 Å². The Bertz CT molecular complexity index is 548. The average Bonchev–Trinajstić information content (AvgIpc) is 3.05. The summed E-state index contributed by atoms with van der Waals surface area (Å²) in [5.41, 5.74) is 1.80. The van der Waals surface area contributed by atoms with Crippen LogP contribution in [-0.2, 0) is 9.59 Å². The third-order valence-corrected chi connectivity index (χ3v) is 6.35. The van der Waals surface area contributed by atoms with E-state index in [1.807, 2.05) is 30.0 Å². The molecule has 23 heavy (non-hydrogen) atoms. The summed E-state index contributed by atoms with van der Waals surface area (Å²) >= 11 is 1.58. The van der Waals surface area contributed by atoms with Gasteiger partial charge >= 0.3 is 0 Å². The van der Waals surface area contributed by atoms with Gasteiger partial charge in [0, 0.05) is 43.0 Å². The van der Waals surface area contributed by atoms with Gasteiger partial charge in [0.05, 0.1) is 11.6 Å². The quantitative estimate of drug-likeness (QED) is 0.850. The van der Waals surface area contributed by atoms with Gasteiger partial charge in [-0.15, -0.1) is 11.3 Å². The maximum absolute atomic E-state index is 12.7. The Labute approximate surface area is 141 Å². The van der Waals surface area contributed by atoms with Gasteiger partial charge in [0.15, 0.2) is 0 Å². The summed E-state index contributed by atoms with van der Waals surface area (Å²) in [6, 6.07) is 0.0598. The van der Waals surface area contributed by atoms with Gasteiger partial charge in [-0.2, -0.15) is 0 Å². The molecule has 1 saturated heterocycles. The molecule has 5 nitrogen and oxygen atoms in total. The standard InChI is InChI=1S/C17H25N3O2S/c1-12(15-10-18-11-23-15)19(2)16(21)14-6-8-20(9-7-14)17(22)13-4-3-5-13/h10-14H,3-9H2,1-2H3. The minimum atomic E-state index is 0.0424. The van der Waals surface area contributed by atoms with E-state index in [4.69, 9.17) is 0 Å². The predicted molar refractivity (Wildman–Crippen MR) is 89.9 cm³/mol. The molecule has 2 fully saturated rings. The Hall–Kier alpha value is -1.43. The molecule has 1 aromatic rings. The maximum Gasteiger partial charge on any atom is 0.226 e. The molecule has 3 rings (SSSR count). The van der Waals surface area contributed by atoms with Gasteiger partial charge in [-0.25, -0.2) is 0 Å². The van der Waals surface area contributed by atoms with E-state index in [0.717, 1.165) is 43.6 Å². The highest BCUT2D eigenvalue weighted by Crippen LogP contribution is 2.31. The number of nitrogens with zero attached hydrogens (tertiary/aromatic N) is 3. The second-order valence-corrected chi connectivity index (χ2v) is 7.67. The van der Waals surface area contributed by atoms with Crippen molar-refractivity contribution < 1.29 is 9.59 Å². The number of piperidine rings is 1. The number of thiazole rings is 1. The molecule has 0 aromatic carbocycles. The molecule has 0 spiro atoms. The number of carbonyl (C=O) groups is 2. The number of hydrogen-bond acceptors (Lipinski definition) is 4. The Kier molecular flexibility index (Phi) is 4.99. The van der Waals surface area contributed by atoms with Gasteiger partial charge in [0.2, 0.25) is 11.8 Å². The highest BCUT2D eigenvalue weighted by molar-refractivity contribution is 7.09. The fraction of sp³-hybridized carbons (Fsp3) is 0.706. The van der Waals surface area contributed by atoms with Crippen molar-refractivity contribution in [2.75, 3.05) is 20.1 Å². The lowest BCUT2D eigenvalue weighted by Gasteiger charge is -2.37. The van der Waals surface area contributed by atoms with E-state index in [0.29, 0.717) is 5.91 Å². The lowest BCUT2D eigenvalue weighted by Crippen LogP contribution is -2.46. The first-order valence-corrected chi connectivity index (χ1v) is 9.39. The SMILES string of the molecule is CC(c1cncs1)N(C)C(=O)C1CCN(C(=O)C2CCC2)CC1. The van der Waals surface area contributed by atoms with Gasteiger partial charge in [-0.3, -0.25) is 14.6 Å². The molecule has 1 atom stereocenters. The van der Waals surface area contributed by atoms with Crippen molar-refractivity contribution >= 4 is 23.2 Å². The van der Waals surface area contributed by atoms with Crippen molar-refractivity contribution in [3.05, 3.63) is 16.6 Å². The largest absolute Gasteiger partial charge is 0.342 e. The van der Waals surface area contributed by atoms with Crippen LogP contribution in [0.25, 0.3) is 0 Å². The number of amides is 2. The van der Waals surface area contributed by atoms with Crippen LogP contribution in [0.5, 0.6) is 0 Å². The van der Waals surface area contributed by atoms with Crippen LogP contribution in [0.4, 0.5) is 0 Å². The van der Waals surface area contributed by atoms with Crippen LogP contribution in [-0.4, -0.2) is 46.7 Å². The van der Waals surface area contributed by atoms with Crippen LogP contribution in [0.3, 0.4) is 0 Å². The smallest absolute Gasteiger partial charge is 0.226 e. The number of rotatable bonds is 4. The highest BCUT2D eigenvalue weighted by atomic mass is 32.1.